The highest BCUT2D eigenvalue weighted by atomic mass is 19.1. The molecule has 0 saturated heterocycles. The number of rotatable bonds is 2. The Kier molecular flexibility index (Phi) is 2.83. The van der Waals surface area contributed by atoms with Crippen molar-refractivity contribution in [3.05, 3.63) is 29.3 Å². The number of hydrogen-bond donors (Lipinski definition) is 2. The molecule has 1 aromatic rings. The smallest absolute Gasteiger partial charge is 0.187 e. The predicted octanol–water partition coefficient (Wildman–Crippen LogP) is 2.08. The SMILES string of the molecule is CC[C@@H](N)c1cc(F)c(O)c(F)c1. The molecule has 0 aliphatic rings. The van der Waals surface area contributed by atoms with Crippen LogP contribution in [0.25, 0.3) is 0 Å². The summed E-state index contributed by atoms with van der Waals surface area (Å²) in [7, 11) is 0. The normalized spacial score (nSPS) is 12.9. The van der Waals surface area contributed by atoms with Crippen molar-refractivity contribution in [3.8, 4) is 5.75 Å². The van der Waals surface area contributed by atoms with Crippen LogP contribution in [-0.4, -0.2) is 5.11 Å². The summed E-state index contributed by atoms with van der Waals surface area (Å²) in [4.78, 5) is 0. The lowest BCUT2D eigenvalue weighted by Gasteiger charge is -2.09. The van der Waals surface area contributed by atoms with Crippen LogP contribution in [0.3, 0.4) is 0 Å². The molecule has 1 rings (SSSR count). The number of phenolic OH excluding ortho intramolecular Hbond substituents is 1. The molecular formula is C9H11F2NO. The fraction of sp³-hybridized carbons (Fsp3) is 0.333. The highest BCUT2D eigenvalue weighted by Gasteiger charge is 2.12. The Morgan fingerprint density at radius 1 is 1.38 bits per heavy atom. The molecule has 0 unspecified atom stereocenters. The van der Waals surface area contributed by atoms with E-state index >= 15 is 0 Å². The second kappa shape index (κ2) is 3.70. The fourth-order valence-corrected chi connectivity index (χ4v) is 1.03. The van der Waals surface area contributed by atoms with E-state index in [4.69, 9.17) is 10.8 Å². The van der Waals surface area contributed by atoms with E-state index in [0.29, 0.717) is 12.0 Å². The lowest BCUT2D eigenvalue weighted by Crippen LogP contribution is -2.09. The Balaban J connectivity index is 3.13. The van der Waals surface area contributed by atoms with Gasteiger partial charge in [0.15, 0.2) is 17.4 Å². The summed E-state index contributed by atoms with van der Waals surface area (Å²) >= 11 is 0. The fourth-order valence-electron chi connectivity index (χ4n) is 1.03. The predicted molar refractivity (Wildman–Crippen MR) is 45.2 cm³/mol. The van der Waals surface area contributed by atoms with Crippen molar-refractivity contribution < 1.29 is 13.9 Å². The quantitative estimate of drug-likeness (QED) is 0.744. The van der Waals surface area contributed by atoms with Crippen molar-refractivity contribution in [1.29, 1.82) is 0 Å². The van der Waals surface area contributed by atoms with Gasteiger partial charge in [-0.25, -0.2) is 8.78 Å². The van der Waals surface area contributed by atoms with Gasteiger partial charge in [-0.05, 0) is 24.1 Å². The monoisotopic (exact) mass is 187 g/mol. The van der Waals surface area contributed by atoms with Crippen molar-refractivity contribution in [2.24, 2.45) is 5.73 Å². The van der Waals surface area contributed by atoms with Gasteiger partial charge in [0, 0.05) is 6.04 Å². The van der Waals surface area contributed by atoms with Crippen LogP contribution in [0.1, 0.15) is 24.9 Å². The van der Waals surface area contributed by atoms with Gasteiger partial charge in [-0.3, -0.25) is 0 Å². The topological polar surface area (TPSA) is 46.2 Å². The average Bonchev–Trinajstić information content (AvgIpc) is 2.12. The van der Waals surface area contributed by atoms with Crippen LogP contribution in [0.4, 0.5) is 8.78 Å². The summed E-state index contributed by atoms with van der Waals surface area (Å²) in [6, 6.07) is 1.70. The zero-order valence-corrected chi connectivity index (χ0v) is 7.22. The summed E-state index contributed by atoms with van der Waals surface area (Å²) in [6.45, 7) is 1.81. The van der Waals surface area contributed by atoms with Crippen LogP contribution >= 0.6 is 0 Å². The number of aromatic hydroxyl groups is 1. The maximum absolute atomic E-state index is 12.8. The minimum absolute atomic E-state index is 0.357. The number of benzene rings is 1. The van der Waals surface area contributed by atoms with Crippen LogP contribution in [0.15, 0.2) is 12.1 Å². The number of hydrogen-bond acceptors (Lipinski definition) is 2. The van der Waals surface area contributed by atoms with Gasteiger partial charge in [0.2, 0.25) is 0 Å². The van der Waals surface area contributed by atoms with Crippen LogP contribution in [0.5, 0.6) is 5.75 Å². The maximum Gasteiger partial charge on any atom is 0.187 e. The molecule has 13 heavy (non-hydrogen) atoms. The van der Waals surface area contributed by atoms with Crippen molar-refractivity contribution in [2.45, 2.75) is 19.4 Å². The molecule has 0 fully saturated rings. The van der Waals surface area contributed by atoms with E-state index < -0.39 is 23.4 Å². The third-order valence-corrected chi connectivity index (χ3v) is 1.91. The molecule has 0 heterocycles. The lowest BCUT2D eigenvalue weighted by atomic mass is 10.1. The van der Waals surface area contributed by atoms with E-state index in [1.807, 2.05) is 6.92 Å². The van der Waals surface area contributed by atoms with Gasteiger partial charge < -0.3 is 10.8 Å². The van der Waals surface area contributed by atoms with E-state index in [1.54, 1.807) is 0 Å². The van der Waals surface area contributed by atoms with Crippen LogP contribution in [0.2, 0.25) is 0 Å². The van der Waals surface area contributed by atoms with Gasteiger partial charge >= 0.3 is 0 Å². The minimum Gasteiger partial charge on any atom is -0.503 e. The average molecular weight is 187 g/mol. The van der Waals surface area contributed by atoms with Crippen LogP contribution in [0, 0.1) is 11.6 Å². The van der Waals surface area contributed by atoms with Gasteiger partial charge in [0.1, 0.15) is 0 Å². The lowest BCUT2D eigenvalue weighted by molar-refractivity contribution is 0.394. The first-order valence-corrected chi connectivity index (χ1v) is 3.99. The molecule has 72 valence electrons. The molecule has 0 amide bonds. The molecule has 0 aromatic heterocycles. The van der Waals surface area contributed by atoms with Gasteiger partial charge in [-0.15, -0.1) is 0 Å². The molecule has 3 N–H and O–H groups in total. The van der Waals surface area contributed by atoms with Gasteiger partial charge in [-0.1, -0.05) is 6.92 Å². The molecule has 0 radical (unpaired) electrons. The molecule has 2 nitrogen and oxygen atoms in total. The highest BCUT2D eigenvalue weighted by Crippen LogP contribution is 2.24. The van der Waals surface area contributed by atoms with Crippen molar-refractivity contribution in [3.63, 3.8) is 0 Å². The zero-order valence-electron chi connectivity index (χ0n) is 7.22. The number of halogens is 2. The highest BCUT2D eigenvalue weighted by molar-refractivity contribution is 5.31. The summed E-state index contributed by atoms with van der Waals surface area (Å²) < 4.78 is 25.6. The third kappa shape index (κ3) is 1.95. The molecule has 4 heteroatoms. The molecular weight excluding hydrogens is 176 g/mol. The summed E-state index contributed by atoms with van der Waals surface area (Å²) in [5.74, 6) is -2.90. The zero-order chi connectivity index (χ0) is 10.0. The second-order valence-corrected chi connectivity index (χ2v) is 2.85. The third-order valence-electron chi connectivity index (χ3n) is 1.91. The maximum atomic E-state index is 12.8. The minimum atomic E-state index is -0.973. The number of nitrogens with two attached hydrogens (primary N) is 1. The Morgan fingerprint density at radius 2 is 1.85 bits per heavy atom. The summed E-state index contributed by atoms with van der Waals surface area (Å²) in [6.07, 6.45) is 0.587. The molecule has 1 atom stereocenters. The Labute approximate surface area is 75.0 Å². The first kappa shape index (κ1) is 9.92. The van der Waals surface area contributed by atoms with Crippen LogP contribution in [-0.2, 0) is 0 Å². The van der Waals surface area contributed by atoms with Crippen molar-refractivity contribution in [1.82, 2.24) is 0 Å². The molecule has 0 bridgehead atoms. The molecule has 0 saturated carbocycles. The van der Waals surface area contributed by atoms with E-state index in [9.17, 15) is 8.78 Å². The summed E-state index contributed by atoms with van der Waals surface area (Å²) in [5.41, 5.74) is 5.92. The number of phenols is 1. The van der Waals surface area contributed by atoms with E-state index in [1.165, 1.54) is 0 Å². The first-order valence-electron chi connectivity index (χ1n) is 3.99. The van der Waals surface area contributed by atoms with Crippen molar-refractivity contribution >= 4 is 0 Å². The Hall–Kier alpha value is -1.16. The first-order chi connectivity index (χ1) is 6.06. The van der Waals surface area contributed by atoms with Gasteiger partial charge in [0.05, 0.1) is 0 Å². The van der Waals surface area contributed by atoms with E-state index in [2.05, 4.69) is 0 Å². The Bertz CT molecular complexity index is 291. The van der Waals surface area contributed by atoms with Gasteiger partial charge in [0.25, 0.3) is 0 Å². The Morgan fingerprint density at radius 3 is 2.23 bits per heavy atom. The summed E-state index contributed by atoms with van der Waals surface area (Å²) in [5, 5.41) is 8.79. The second-order valence-electron chi connectivity index (χ2n) is 2.85. The molecule has 0 aliphatic carbocycles. The molecule has 0 aliphatic heterocycles. The van der Waals surface area contributed by atoms with E-state index in [0.717, 1.165) is 12.1 Å². The van der Waals surface area contributed by atoms with Crippen molar-refractivity contribution in [2.75, 3.05) is 0 Å². The standard InChI is InChI=1S/C9H11F2NO/c1-2-8(12)5-3-6(10)9(13)7(11)4-5/h3-4,8,13H,2,12H2,1H3/t8-/m1/s1. The van der Waals surface area contributed by atoms with E-state index in [-0.39, 0.29) is 0 Å². The van der Waals surface area contributed by atoms with Crippen LogP contribution < -0.4 is 5.73 Å². The molecule has 0 spiro atoms. The van der Waals surface area contributed by atoms with Gasteiger partial charge in [-0.2, -0.15) is 0 Å². The molecule has 1 aromatic carbocycles. The largest absolute Gasteiger partial charge is 0.503 e.